The van der Waals surface area contributed by atoms with E-state index in [-0.39, 0.29) is 18.6 Å². The van der Waals surface area contributed by atoms with E-state index in [9.17, 15) is 4.79 Å². The van der Waals surface area contributed by atoms with E-state index >= 15 is 0 Å². The first-order valence-electron chi connectivity index (χ1n) is 9.85. The highest BCUT2D eigenvalue weighted by molar-refractivity contribution is 7.07. The van der Waals surface area contributed by atoms with Crippen molar-refractivity contribution in [3.05, 3.63) is 57.7 Å². The van der Waals surface area contributed by atoms with Crippen molar-refractivity contribution in [2.45, 2.75) is 26.8 Å². The van der Waals surface area contributed by atoms with Crippen molar-refractivity contribution in [2.75, 3.05) is 25.6 Å². The van der Waals surface area contributed by atoms with Gasteiger partial charge in [-0.2, -0.15) is 0 Å². The number of thiazole rings is 1. The molecule has 1 aliphatic rings. The van der Waals surface area contributed by atoms with Crippen LogP contribution in [0.3, 0.4) is 0 Å². The number of rotatable bonds is 5. The number of hydrogen-bond donors (Lipinski definition) is 1. The molecular weight excluding hydrogens is 398 g/mol. The second kappa shape index (κ2) is 8.45. The Bertz CT molecular complexity index is 1140. The third-order valence-electron chi connectivity index (χ3n) is 5.15. The van der Waals surface area contributed by atoms with E-state index < -0.39 is 0 Å². The lowest BCUT2D eigenvalue weighted by atomic mass is 10.1. The summed E-state index contributed by atoms with van der Waals surface area (Å²) in [7, 11) is 1.71. The monoisotopic (exact) mass is 423 g/mol. The lowest BCUT2D eigenvalue weighted by Gasteiger charge is -2.20. The molecule has 2 aromatic carbocycles. The second-order valence-electron chi connectivity index (χ2n) is 7.48. The molecule has 30 heavy (non-hydrogen) atoms. The van der Waals surface area contributed by atoms with Gasteiger partial charge in [-0.25, -0.2) is 4.99 Å². The highest BCUT2D eigenvalue weighted by atomic mass is 32.1. The first-order valence-corrected chi connectivity index (χ1v) is 10.7. The van der Waals surface area contributed by atoms with Gasteiger partial charge in [0.15, 0.2) is 11.4 Å². The van der Waals surface area contributed by atoms with Gasteiger partial charge in [-0.1, -0.05) is 18.2 Å². The van der Waals surface area contributed by atoms with Crippen LogP contribution in [0.2, 0.25) is 0 Å². The number of fused-ring (bicyclic) bond motifs is 1. The smallest absolute Gasteiger partial charge is 0.262 e. The molecule has 1 aliphatic heterocycles. The van der Waals surface area contributed by atoms with Gasteiger partial charge < -0.3 is 19.4 Å². The summed E-state index contributed by atoms with van der Waals surface area (Å²) in [5.41, 5.74) is 5.98. The van der Waals surface area contributed by atoms with Crippen LogP contribution in [0.25, 0.3) is 11.3 Å². The first-order chi connectivity index (χ1) is 14.5. The molecule has 0 unspecified atom stereocenters. The number of carbonyl (C=O) groups excluding carboxylic acids is 1. The summed E-state index contributed by atoms with van der Waals surface area (Å²) < 4.78 is 13.1. The molecule has 0 saturated heterocycles. The van der Waals surface area contributed by atoms with Crippen LogP contribution < -0.4 is 14.9 Å². The molecule has 6 nitrogen and oxygen atoms in total. The Hall–Kier alpha value is -2.90. The van der Waals surface area contributed by atoms with E-state index in [1.54, 1.807) is 18.4 Å². The number of hydrogen-bond acceptors (Lipinski definition) is 5. The van der Waals surface area contributed by atoms with Crippen LogP contribution in [0, 0.1) is 13.8 Å². The lowest BCUT2D eigenvalue weighted by molar-refractivity contribution is -0.118. The standard InChI is InChI=1S/C23H25N3O3S/c1-14-6-5-7-15(2)22(14)25-23-26(16(3)11-28-4)19(13-30-23)17-8-9-20-18(10-17)24-21(27)12-29-20/h5-10,13,16H,11-12H2,1-4H3,(H,24,27)/t16-/m1/s1. The van der Waals surface area contributed by atoms with Crippen LogP contribution in [-0.4, -0.2) is 30.8 Å². The SMILES string of the molecule is COC[C@@H](C)n1c(-c2ccc3c(c2)NC(=O)CO3)csc1=Nc1c(C)cccc1C. The van der Waals surface area contributed by atoms with E-state index in [2.05, 4.69) is 54.2 Å². The molecule has 1 amide bonds. The number of ether oxygens (including phenoxy) is 2. The largest absolute Gasteiger partial charge is 0.482 e. The van der Waals surface area contributed by atoms with Gasteiger partial charge in [0.05, 0.1) is 29.7 Å². The molecule has 0 aliphatic carbocycles. The number of para-hydroxylation sites is 1. The van der Waals surface area contributed by atoms with E-state index in [0.717, 1.165) is 32.9 Å². The summed E-state index contributed by atoms with van der Waals surface area (Å²) in [5, 5.41) is 4.99. The van der Waals surface area contributed by atoms with E-state index in [0.29, 0.717) is 18.0 Å². The molecular formula is C23H25N3O3S. The van der Waals surface area contributed by atoms with Crippen molar-refractivity contribution < 1.29 is 14.3 Å². The Morgan fingerprint density at radius 2 is 2.03 bits per heavy atom. The topological polar surface area (TPSA) is 64.8 Å². The number of methoxy groups -OCH3 is 1. The molecule has 1 aromatic heterocycles. The number of carbonyl (C=O) groups is 1. The fraction of sp³-hybridized carbons (Fsp3) is 0.304. The molecule has 0 saturated carbocycles. The highest BCUT2D eigenvalue weighted by Gasteiger charge is 2.19. The predicted octanol–water partition coefficient (Wildman–Crippen LogP) is 4.60. The predicted molar refractivity (Wildman–Crippen MR) is 120 cm³/mol. The van der Waals surface area contributed by atoms with Crippen LogP contribution in [0.1, 0.15) is 24.1 Å². The minimum atomic E-state index is -0.142. The van der Waals surface area contributed by atoms with E-state index in [1.165, 1.54) is 0 Å². The van der Waals surface area contributed by atoms with Gasteiger partial charge >= 0.3 is 0 Å². The maximum Gasteiger partial charge on any atom is 0.262 e. The molecule has 4 rings (SSSR count). The highest BCUT2D eigenvalue weighted by Crippen LogP contribution is 2.34. The lowest BCUT2D eigenvalue weighted by Crippen LogP contribution is -2.25. The zero-order valence-electron chi connectivity index (χ0n) is 17.6. The molecule has 0 bridgehead atoms. The van der Waals surface area contributed by atoms with Crippen LogP contribution in [0.4, 0.5) is 11.4 Å². The first kappa shape index (κ1) is 20.4. The molecule has 0 spiro atoms. The maximum atomic E-state index is 11.7. The Morgan fingerprint density at radius 1 is 1.27 bits per heavy atom. The second-order valence-corrected chi connectivity index (χ2v) is 8.31. The van der Waals surface area contributed by atoms with Crippen molar-refractivity contribution in [1.29, 1.82) is 0 Å². The summed E-state index contributed by atoms with van der Waals surface area (Å²) in [6.45, 7) is 6.89. The zero-order valence-corrected chi connectivity index (χ0v) is 18.4. The van der Waals surface area contributed by atoms with Gasteiger partial charge in [0.2, 0.25) is 0 Å². The summed E-state index contributed by atoms with van der Waals surface area (Å²) in [4.78, 5) is 17.7. The Labute approximate surface area is 179 Å². The average Bonchev–Trinajstić information content (AvgIpc) is 3.14. The third kappa shape index (κ3) is 3.91. The van der Waals surface area contributed by atoms with Gasteiger partial charge in [-0.15, -0.1) is 11.3 Å². The fourth-order valence-electron chi connectivity index (χ4n) is 3.67. The molecule has 1 N–H and O–H groups in total. The molecule has 156 valence electrons. The summed E-state index contributed by atoms with van der Waals surface area (Å²) in [6.07, 6.45) is 0. The van der Waals surface area contributed by atoms with Crippen LogP contribution in [-0.2, 0) is 9.53 Å². The van der Waals surface area contributed by atoms with Crippen LogP contribution in [0.15, 0.2) is 46.8 Å². The van der Waals surface area contributed by atoms with Crippen molar-refractivity contribution in [3.8, 4) is 17.0 Å². The number of benzene rings is 2. The van der Waals surface area contributed by atoms with Crippen LogP contribution in [0.5, 0.6) is 5.75 Å². The quantitative estimate of drug-likeness (QED) is 0.652. The minimum absolute atomic E-state index is 0.0501. The number of nitrogens with one attached hydrogen (secondary N) is 1. The van der Waals surface area contributed by atoms with Gasteiger partial charge in [-0.3, -0.25) is 4.79 Å². The zero-order chi connectivity index (χ0) is 21.3. The Kier molecular flexibility index (Phi) is 5.74. The van der Waals surface area contributed by atoms with E-state index in [4.69, 9.17) is 14.5 Å². The van der Waals surface area contributed by atoms with Crippen molar-refractivity contribution in [3.63, 3.8) is 0 Å². The molecule has 0 radical (unpaired) electrons. The Balaban J connectivity index is 1.87. The summed E-state index contributed by atoms with van der Waals surface area (Å²) in [6, 6.07) is 12.2. The number of nitrogens with zero attached hydrogens (tertiary/aromatic N) is 2. The average molecular weight is 424 g/mol. The molecule has 3 aromatic rings. The molecule has 7 heteroatoms. The number of amides is 1. The van der Waals surface area contributed by atoms with Crippen molar-refractivity contribution >= 4 is 28.6 Å². The third-order valence-corrected chi connectivity index (χ3v) is 5.99. The van der Waals surface area contributed by atoms with Gasteiger partial charge in [0.1, 0.15) is 5.75 Å². The van der Waals surface area contributed by atoms with Gasteiger partial charge in [0.25, 0.3) is 5.91 Å². The summed E-state index contributed by atoms with van der Waals surface area (Å²) >= 11 is 1.60. The fourth-order valence-corrected chi connectivity index (χ4v) is 4.68. The molecule has 0 fully saturated rings. The van der Waals surface area contributed by atoms with Gasteiger partial charge in [0, 0.05) is 18.1 Å². The molecule has 2 heterocycles. The van der Waals surface area contributed by atoms with Crippen molar-refractivity contribution in [1.82, 2.24) is 4.57 Å². The minimum Gasteiger partial charge on any atom is -0.482 e. The van der Waals surface area contributed by atoms with Crippen molar-refractivity contribution in [2.24, 2.45) is 4.99 Å². The van der Waals surface area contributed by atoms with Crippen LogP contribution >= 0.6 is 11.3 Å². The molecule has 1 atom stereocenters. The van der Waals surface area contributed by atoms with Gasteiger partial charge in [-0.05, 0) is 50.1 Å². The maximum absolute atomic E-state index is 11.7. The van der Waals surface area contributed by atoms with E-state index in [1.807, 2.05) is 18.2 Å². The normalized spacial score (nSPS) is 14.8. The Morgan fingerprint density at radius 3 is 2.77 bits per heavy atom. The number of aryl methyl sites for hydroxylation is 2. The number of anilines is 1. The number of aromatic nitrogens is 1. The summed E-state index contributed by atoms with van der Waals surface area (Å²) in [5.74, 6) is 0.543.